The van der Waals surface area contributed by atoms with Crippen LogP contribution in [0.4, 0.5) is 4.79 Å². The van der Waals surface area contributed by atoms with Crippen LogP contribution in [-0.4, -0.2) is 12.7 Å². The van der Waals surface area contributed by atoms with Gasteiger partial charge in [0.15, 0.2) is 0 Å². The van der Waals surface area contributed by atoms with Crippen LogP contribution >= 0.6 is 0 Å². The summed E-state index contributed by atoms with van der Waals surface area (Å²) in [5.74, 6) is 0. The van der Waals surface area contributed by atoms with Crippen molar-refractivity contribution in [2.45, 2.75) is 13.0 Å². The Bertz CT molecular complexity index is 322. The van der Waals surface area contributed by atoms with E-state index >= 15 is 0 Å². The SMILES string of the molecule is C=CC(NC(=O)OCC)c1ccccc1. The average Bonchev–Trinajstić information content (AvgIpc) is 2.27. The molecule has 0 heterocycles. The fourth-order valence-corrected chi connectivity index (χ4v) is 1.24. The topological polar surface area (TPSA) is 38.3 Å². The lowest BCUT2D eigenvalue weighted by Gasteiger charge is -2.14. The van der Waals surface area contributed by atoms with E-state index in [9.17, 15) is 4.79 Å². The lowest BCUT2D eigenvalue weighted by Crippen LogP contribution is -2.27. The number of alkyl carbamates (subject to hydrolysis) is 1. The third-order valence-corrected chi connectivity index (χ3v) is 1.94. The maximum Gasteiger partial charge on any atom is 0.407 e. The molecule has 15 heavy (non-hydrogen) atoms. The maximum atomic E-state index is 11.2. The van der Waals surface area contributed by atoms with E-state index in [1.54, 1.807) is 13.0 Å². The molecule has 1 rings (SSSR count). The predicted molar refractivity (Wildman–Crippen MR) is 59.5 cm³/mol. The Morgan fingerprint density at radius 2 is 2.20 bits per heavy atom. The molecular weight excluding hydrogens is 190 g/mol. The van der Waals surface area contributed by atoms with Crippen molar-refractivity contribution in [2.24, 2.45) is 0 Å². The molecule has 0 bridgehead atoms. The van der Waals surface area contributed by atoms with Crippen molar-refractivity contribution in [3.05, 3.63) is 48.6 Å². The molecule has 0 radical (unpaired) electrons. The van der Waals surface area contributed by atoms with Crippen LogP contribution in [0, 0.1) is 0 Å². The van der Waals surface area contributed by atoms with E-state index in [0.717, 1.165) is 5.56 Å². The van der Waals surface area contributed by atoms with Gasteiger partial charge in [0.2, 0.25) is 0 Å². The molecule has 0 saturated heterocycles. The van der Waals surface area contributed by atoms with Gasteiger partial charge in [0.25, 0.3) is 0 Å². The second-order valence-corrected chi connectivity index (χ2v) is 2.99. The minimum absolute atomic E-state index is 0.203. The van der Waals surface area contributed by atoms with Crippen LogP contribution in [0.15, 0.2) is 43.0 Å². The van der Waals surface area contributed by atoms with Gasteiger partial charge in [-0.2, -0.15) is 0 Å². The van der Waals surface area contributed by atoms with Gasteiger partial charge in [-0.15, -0.1) is 6.58 Å². The zero-order valence-electron chi connectivity index (χ0n) is 8.77. The summed E-state index contributed by atoms with van der Waals surface area (Å²) >= 11 is 0. The Morgan fingerprint density at radius 1 is 1.53 bits per heavy atom. The van der Waals surface area contributed by atoms with Crippen LogP contribution in [0.5, 0.6) is 0 Å². The number of hydrogen-bond donors (Lipinski definition) is 1. The molecule has 3 heteroatoms. The fourth-order valence-electron chi connectivity index (χ4n) is 1.24. The van der Waals surface area contributed by atoms with Gasteiger partial charge in [0, 0.05) is 0 Å². The van der Waals surface area contributed by atoms with Crippen LogP contribution in [0.2, 0.25) is 0 Å². The van der Waals surface area contributed by atoms with Gasteiger partial charge in [0.05, 0.1) is 12.6 Å². The Hall–Kier alpha value is -1.77. The van der Waals surface area contributed by atoms with Crippen molar-refractivity contribution in [1.29, 1.82) is 0 Å². The first kappa shape index (κ1) is 11.3. The van der Waals surface area contributed by atoms with Gasteiger partial charge < -0.3 is 10.1 Å². The molecule has 1 atom stereocenters. The minimum atomic E-state index is -0.425. The summed E-state index contributed by atoms with van der Waals surface area (Å²) in [5.41, 5.74) is 0.987. The van der Waals surface area contributed by atoms with E-state index in [-0.39, 0.29) is 6.04 Å². The smallest absolute Gasteiger partial charge is 0.407 e. The number of amides is 1. The molecule has 1 unspecified atom stereocenters. The third-order valence-electron chi connectivity index (χ3n) is 1.94. The first-order valence-corrected chi connectivity index (χ1v) is 4.88. The summed E-state index contributed by atoms with van der Waals surface area (Å²) in [6.07, 6.45) is 1.25. The first-order valence-electron chi connectivity index (χ1n) is 4.88. The number of ether oxygens (including phenoxy) is 1. The molecule has 0 aliphatic rings. The van der Waals surface area contributed by atoms with Crippen LogP contribution in [0.25, 0.3) is 0 Å². The van der Waals surface area contributed by atoms with Crippen LogP contribution in [-0.2, 0) is 4.74 Å². The van der Waals surface area contributed by atoms with E-state index in [4.69, 9.17) is 4.74 Å². The summed E-state index contributed by atoms with van der Waals surface area (Å²) in [4.78, 5) is 11.2. The number of nitrogens with one attached hydrogen (secondary N) is 1. The molecular formula is C12H15NO2. The van der Waals surface area contributed by atoms with Crippen molar-refractivity contribution in [3.8, 4) is 0 Å². The number of carbonyl (C=O) groups excluding carboxylic acids is 1. The fraction of sp³-hybridized carbons (Fsp3) is 0.250. The third kappa shape index (κ3) is 3.46. The monoisotopic (exact) mass is 205 g/mol. The normalized spacial score (nSPS) is 11.5. The maximum absolute atomic E-state index is 11.2. The molecule has 1 N–H and O–H groups in total. The molecule has 0 saturated carbocycles. The molecule has 0 spiro atoms. The quantitative estimate of drug-likeness (QED) is 0.767. The van der Waals surface area contributed by atoms with Gasteiger partial charge in [-0.1, -0.05) is 36.4 Å². The lowest BCUT2D eigenvalue weighted by molar-refractivity contribution is 0.150. The second kappa shape index (κ2) is 5.86. The summed E-state index contributed by atoms with van der Waals surface area (Å²) < 4.78 is 4.80. The highest BCUT2D eigenvalue weighted by molar-refractivity contribution is 5.68. The Kier molecular flexibility index (Phi) is 4.41. The molecule has 3 nitrogen and oxygen atoms in total. The lowest BCUT2D eigenvalue weighted by atomic mass is 10.1. The van der Waals surface area contributed by atoms with Crippen molar-refractivity contribution in [1.82, 2.24) is 5.32 Å². The van der Waals surface area contributed by atoms with Gasteiger partial charge >= 0.3 is 6.09 Å². The van der Waals surface area contributed by atoms with Crippen molar-refractivity contribution >= 4 is 6.09 Å². The number of hydrogen-bond acceptors (Lipinski definition) is 2. The van der Waals surface area contributed by atoms with E-state index in [1.807, 2.05) is 30.3 Å². The van der Waals surface area contributed by atoms with Gasteiger partial charge in [-0.3, -0.25) is 0 Å². The summed E-state index contributed by atoms with van der Waals surface area (Å²) in [6.45, 7) is 5.81. The van der Waals surface area contributed by atoms with Crippen molar-refractivity contribution in [3.63, 3.8) is 0 Å². The molecule has 1 aromatic carbocycles. The van der Waals surface area contributed by atoms with E-state index in [1.165, 1.54) is 0 Å². The number of benzene rings is 1. The molecule has 0 fully saturated rings. The highest BCUT2D eigenvalue weighted by atomic mass is 16.5. The standard InChI is InChI=1S/C12H15NO2/c1-3-11(13-12(14)15-4-2)10-8-6-5-7-9-10/h3,5-9,11H,1,4H2,2H3,(H,13,14). The van der Waals surface area contributed by atoms with Crippen LogP contribution < -0.4 is 5.32 Å². The summed E-state index contributed by atoms with van der Waals surface area (Å²) in [6, 6.07) is 9.41. The van der Waals surface area contributed by atoms with Crippen molar-refractivity contribution in [2.75, 3.05) is 6.61 Å². The van der Waals surface area contributed by atoms with E-state index < -0.39 is 6.09 Å². The van der Waals surface area contributed by atoms with Crippen LogP contribution in [0.1, 0.15) is 18.5 Å². The van der Waals surface area contributed by atoms with Crippen LogP contribution in [0.3, 0.4) is 0 Å². The molecule has 0 aliphatic carbocycles. The molecule has 1 aromatic rings. The van der Waals surface area contributed by atoms with Gasteiger partial charge in [0.1, 0.15) is 0 Å². The van der Waals surface area contributed by atoms with E-state index in [2.05, 4.69) is 11.9 Å². The number of rotatable bonds is 4. The Balaban J connectivity index is 2.65. The van der Waals surface area contributed by atoms with Gasteiger partial charge in [-0.05, 0) is 12.5 Å². The molecule has 0 aromatic heterocycles. The Labute approximate surface area is 89.8 Å². The number of carbonyl (C=O) groups is 1. The zero-order valence-corrected chi connectivity index (χ0v) is 8.77. The predicted octanol–water partition coefficient (Wildman–Crippen LogP) is 2.66. The average molecular weight is 205 g/mol. The second-order valence-electron chi connectivity index (χ2n) is 2.99. The zero-order chi connectivity index (χ0) is 11.1. The van der Waals surface area contributed by atoms with Gasteiger partial charge in [-0.25, -0.2) is 4.79 Å². The highest BCUT2D eigenvalue weighted by Gasteiger charge is 2.10. The summed E-state index contributed by atoms with van der Waals surface area (Å²) in [5, 5.41) is 2.70. The Morgan fingerprint density at radius 3 is 2.73 bits per heavy atom. The molecule has 1 amide bonds. The van der Waals surface area contributed by atoms with Crippen molar-refractivity contribution < 1.29 is 9.53 Å². The highest BCUT2D eigenvalue weighted by Crippen LogP contribution is 2.12. The molecule has 80 valence electrons. The summed E-state index contributed by atoms with van der Waals surface area (Å²) in [7, 11) is 0. The van der Waals surface area contributed by atoms with E-state index in [0.29, 0.717) is 6.61 Å². The largest absolute Gasteiger partial charge is 0.450 e. The first-order chi connectivity index (χ1) is 7.27. The molecule has 0 aliphatic heterocycles. The minimum Gasteiger partial charge on any atom is -0.450 e.